The molecule has 0 aliphatic carbocycles. The Bertz CT molecular complexity index is 471. The number of hydrogen-bond donors (Lipinski definition) is 1. The lowest BCUT2D eigenvalue weighted by atomic mass is 10.1. The molecule has 1 aliphatic heterocycles. The number of carbonyl (C=O) groups is 1. The molecule has 1 fully saturated rings. The zero-order valence-electron chi connectivity index (χ0n) is 13.0. The molecule has 1 atom stereocenters. The van der Waals surface area contributed by atoms with Gasteiger partial charge in [-0.05, 0) is 58.6 Å². The molecule has 20 heavy (non-hydrogen) atoms. The van der Waals surface area contributed by atoms with Gasteiger partial charge < -0.3 is 14.6 Å². The number of aryl methyl sites for hydroxylation is 1. The lowest BCUT2D eigenvalue weighted by molar-refractivity contribution is -0.129. The minimum absolute atomic E-state index is 0.0418. The first-order chi connectivity index (χ1) is 9.50. The number of hydrogen-bond acceptors (Lipinski definition) is 2. The van der Waals surface area contributed by atoms with E-state index in [1.165, 1.54) is 17.0 Å². The summed E-state index contributed by atoms with van der Waals surface area (Å²) in [6.07, 6.45) is 2.50. The molecule has 1 aliphatic rings. The van der Waals surface area contributed by atoms with Gasteiger partial charge in [0.2, 0.25) is 5.91 Å². The Kier molecular flexibility index (Phi) is 4.86. The van der Waals surface area contributed by atoms with Crippen LogP contribution in [0.15, 0.2) is 6.07 Å². The SMILES string of the molecule is Cc1cc(CCNC(=O)C2CCCO2)c(C)n1C(C)C. The summed E-state index contributed by atoms with van der Waals surface area (Å²) >= 11 is 0. The molecule has 1 N–H and O–H groups in total. The van der Waals surface area contributed by atoms with Crippen LogP contribution in [0.5, 0.6) is 0 Å². The summed E-state index contributed by atoms with van der Waals surface area (Å²) in [4.78, 5) is 11.9. The predicted octanol–water partition coefficient (Wildman–Crippen LogP) is 2.52. The van der Waals surface area contributed by atoms with Crippen LogP contribution in [-0.4, -0.2) is 29.7 Å². The number of nitrogens with zero attached hydrogens (tertiary/aromatic N) is 1. The highest BCUT2D eigenvalue weighted by molar-refractivity contribution is 5.80. The third-order valence-corrected chi connectivity index (χ3v) is 4.02. The maximum atomic E-state index is 11.9. The van der Waals surface area contributed by atoms with Gasteiger partial charge in [-0.3, -0.25) is 4.79 Å². The molecule has 2 heterocycles. The van der Waals surface area contributed by atoms with Gasteiger partial charge >= 0.3 is 0 Å². The van der Waals surface area contributed by atoms with E-state index in [9.17, 15) is 4.79 Å². The third-order valence-electron chi connectivity index (χ3n) is 4.02. The molecule has 112 valence electrons. The number of nitrogens with one attached hydrogen (secondary N) is 1. The molecular weight excluding hydrogens is 252 g/mol. The van der Waals surface area contributed by atoms with E-state index in [-0.39, 0.29) is 12.0 Å². The van der Waals surface area contributed by atoms with Crippen molar-refractivity contribution in [3.63, 3.8) is 0 Å². The van der Waals surface area contributed by atoms with Gasteiger partial charge in [0, 0.05) is 30.6 Å². The van der Waals surface area contributed by atoms with Crippen LogP contribution in [-0.2, 0) is 16.0 Å². The largest absolute Gasteiger partial charge is 0.368 e. The highest BCUT2D eigenvalue weighted by Gasteiger charge is 2.23. The van der Waals surface area contributed by atoms with E-state index in [2.05, 4.69) is 43.6 Å². The van der Waals surface area contributed by atoms with Gasteiger partial charge in [-0.2, -0.15) is 0 Å². The molecule has 0 aromatic carbocycles. The summed E-state index contributed by atoms with van der Waals surface area (Å²) in [5, 5.41) is 2.99. The van der Waals surface area contributed by atoms with E-state index < -0.39 is 0 Å². The van der Waals surface area contributed by atoms with Crippen LogP contribution >= 0.6 is 0 Å². The van der Waals surface area contributed by atoms with Crippen molar-refractivity contribution in [3.05, 3.63) is 23.0 Å². The summed E-state index contributed by atoms with van der Waals surface area (Å²) in [5.41, 5.74) is 3.92. The Morgan fingerprint density at radius 2 is 2.25 bits per heavy atom. The van der Waals surface area contributed by atoms with Crippen LogP contribution in [0.25, 0.3) is 0 Å². The summed E-state index contributed by atoms with van der Waals surface area (Å²) < 4.78 is 7.72. The van der Waals surface area contributed by atoms with Crippen molar-refractivity contribution in [2.45, 2.75) is 59.1 Å². The van der Waals surface area contributed by atoms with Crippen LogP contribution in [0.2, 0.25) is 0 Å². The van der Waals surface area contributed by atoms with Gasteiger partial charge in [-0.15, -0.1) is 0 Å². The van der Waals surface area contributed by atoms with Crippen LogP contribution < -0.4 is 5.32 Å². The highest BCUT2D eigenvalue weighted by Crippen LogP contribution is 2.20. The fourth-order valence-corrected chi connectivity index (χ4v) is 3.11. The van der Waals surface area contributed by atoms with Crippen LogP contribution in [0, 0.1) is 13.8 Å². The second kappa shape index (κ2) is 6.44. The van der Waals surface area contributed by atoms with Gasteiger partial charge in [0.1, 0.15) is 6.10 Å². The lowest BCUT2D eigenvalue weighted by Crippen LogP contribution is -2.35. The fraction of sp³-hybridized carbons (Fsp3) is 0.688. The summed E-state index contributed by atoms with van der Waals surface area (Å²) in [6.45, 7) is 10.1. The van der Waals surface area contributed by atoms with Crippen molar-refractivity contribution in [1.82, 2.24) is 9.88 Å². The molecule has 0 saturated carbocycles. The topological polar surface area (TPSA) is 43.3 Å². The molecule has 1 saturated heterocycles. The average Bonchev–Trinajstić information content (AvgIpc) is 2.98. The van der Waals surface area contributed by atoms with E-state index in [0.29, 0.717) is 19.2 Å². The van der Waals surface area contributed by atoms with Crippen LogP contribution in [0.4, 0.5) is 0 Å². The maximum absolute atomic E-state index is 11.9. The zero-order chi connectivity index (χ0) is 14.7. The van der Waals surface area contributed by atoms with Crippen molar-refractivity contribution in [1.29, 1.82) is 0 Å². The van der Waals surface area contributed by atoms with Crippen molar-refractivity contribution in [3.8, 4) is 0 Å². The van der Waals surface area contributed by atoms with E-state index in [1.807, 2.05) is 0 Å². The third kappa shape index (κ3) is 3.23. The van der Waals surface area contributed by atoms with Crippen molar-refractivity contribution < 1.29 is 9.53 Å². The monoisotopic (exact) mass is 278 g/mol. The van der Waals surface area contributed by atoms with Crippen LogP contribution in [0.1, 0.15) is 49.7 Å². The Hall–Kier alpha value is -1.29. The number of carbonyl (C=O) groups excluding carboxylic acids is 1. The molecule has 4 nitrogen and oxygen atoms in total. The molecular formula is C16H26N2O2. The second-order valence-electron chi connectivity index (χ2n) is 5.90. The van der Waals surface area contributed by atoms with Crippen molar-refractivity contribution in [2.75, 3.05) is 13.2 Å². The predicted molar refractivity (Wildman–Crippen MR) is 80.0 cm³/mol. The smallest absolute Gasteiger partial charge is 0.249 e. The number of rotatable bonds is 5. The molecule has 2 rings (SSSR count). The quantitative estimate of drug-likeness (QED) is 0.899. The number of aromatic nitrogens is 1. The van der Waals surface area contributed by atoms with E-state index in [1.54, 1.807) is 0 Å². The van der Waals surface area contributed by atoms with Gasteiger partial charge in [-0.25, -0.2) is 0 Å². The first kappa shape index (κ1) is 15.1. The van der Waals surface area contributed by atoms with Crippen molar-refractivity contribution >= 4 is 5.91 Å². The summed E-state index contributed by atoms with van der Waals surface area (Å²) in [5.74, 6) is 0.0418. The lowest BCUT2D eigenvalue weighted by Gasteiger charge is -2.14. The Labute approximate surface area is 121 Å². The summed E-state index contributed by atoms with van der Waals surface area (Å²) in [7, 11) is 0. The van der Waals surface area contributed by atoms with Gasteiger partial charge in [-0.1, -0.05) is 0 Å². The zero-order valence-corrected chi connectivity index (χ0v) is 13.0. The number of ether oxygens (including phenoxy) is 1. The van der Waals surface area contributed by atoms with E-state index in [0.717, 1.165) is 19.3 Å². The van der Waals surface area contributed by atoms with E-state index in [4.69, 9.17) is 4.74 Å². The molecule has 0 bridgehead atoms. The average molecular weight is 278 g/mol. The minimum atomic E-state index is -0.224. The fourth-order valence-electron chi connectivity index (χ4n) is 3.11. The summed E-state index contributed by atoms with van der Waals surface area (Å²) in [6, 6.07) is 2.71. The highest BCUT2D eigenvalue weighted by atomic mass is 16.5. The molecule has 1 amide bonds. The molecule has 0 radical (unpaired) electrons. The Morgan fingerprint density at radius 3 is 2.80 bits per heavy atom. The molecule has 4 heteroatoms. The molecule has 1 aromatic rings. The molecule has 0 spiro atoms. The Balaban J connectivity index is 1.88. The second-order valence-corrected chi connectivity index (χ2v) is 5.90. The van der Waals surface area contributed by atoms with Gasteiger partial charge in [0.05, 0.1) is 0 Å². The number of amides is 1. The normalized spacial score (nSPS) is 18.8. The first-order valence-electron chi connectivity index (χ1n) is 7.57. The van der Waals surface area contributed by atoms with Crippen molar-refractivity contribution in [2.24, 2.45) is 0 Å². The first-order valence-corrected chi connectivity index (χ1v) is 7.57. The molecule has 1 aromatic heterocycles. The molecule has 1 unspecified atom stereocenters. The minimum Gasteiger partial charge on any atom is -0.368 e. The Morgan fingerprint density at radius 1 is 1.50 bits per heavy atom. The standard InChI is InChI=1S/C16H26N2O2/c1-11(2)18-12(3)10-14(13(18)4)7-8-17-16(19)15-6-5-9-20-15/h10-11,15H,5-9H2,1-4H3,(H,17,19). The maximum Gasteiger partial charge on any atom is 0.249 e. The van der Waals surface area contributed by atoms with Crippen LogP contribution in [0.3, 0.4) is 0 Å². The van der Waals surface area contributed by atoms with Gasteiger partial charge in [0.25, 0.3) is 0 Å². The van der Waals surface area contributed by atoms with Gasteiger partial charge in [0.15, 0.2) is 0 Å². The van der Waals surface area contributed by atoms with E-state index >= 15 is 0 Å².